The van der Waals surface area contributed by atoms with Gasteiger partial charge in [0.1, 0.15) is 5.75 Å². The first-order chi connectivity index (χ1) is 15.1. The number of para-hydroxylation sites is 1. The van der Waals surface area contributed by atoms with Crippen molar-refractivity contribution in [3.63, 3.8) is 0 Å². The molecule has 0 amide bonds. The van der Waals surface area contributed by atoms with Crippen LogP contribution in [0.4, 0.5) is 0 Å². The molecule has 0 spiro atoms. The lowest BCUT2D eigenvalue weighted by molar-refractivity contribution is -0.128. The molecule has 6 heteroatoms. The molecule has 4 rings (SSSR count). The van der Waals surface area contributed by atoms with Gasteiger partial charge in [0, 0.05) is 27.9 Å². The van der Waals surface area contributed by atoms with E-state index in [1.807, 2.05) is 66.9 Å². The first-order valence-electron chi connectivity index (χ1n) is 9.49. The molecular weight excluding hydrogens is 456 g/mol. The third kappa shape index (κ3) is 4.87. The van der Waals surface area contributed by atoms with E-state index in [9.17, 15) is 9.59 Å². The number of nitrogens with zero attached hydrogens (tertiary/aromatic N) is 2. The standard InChI is InChI=1S/C25H17BrN2O3/c26-21-12-13-23(20(15-21)17-29)31-24(30)14-11-19-16-28(22-9-5-2-6-10-22)27-25(19)18-7-3-1-4-8-18/h1-17H/b14-11+. The SMILES string of the molecule is O=Cc1cc(Br)ccc1OC(=O)/C=C/c1cn(-c2ccccc2)nc1-c1ccccc1. The van der Waals surface area contributed by atoms with E-state index in [-0.39, 0.29) is 11.3 Å². The van der Waals surface area contributed by atoms with Crippen LogP contribution in [-0.2, 0) is 4.79 Å². The lowest BCUT2D eigenvalue weighted by atomic mass is 10.1. The predicted molar refractivity (Wildman–Crippen MR) is 123 cm³/mol. The summed E-state index contributed by atoms with van der Waals surface area (Å²) in [5.41, 5.74) is 3.64. The molecule has 31 heavy (non-hydrogen) atoms. The summed E-state index contributed by atoms with van der Waals surface area (Å²) >= 11 is 3.29. The van der Waals surface area contributed by atoms with Crippen molar-refractivity contribution in [1.29, 1.82) is 0 Å². The van der Waals surface area contributed by atoms with Gasteiger partial charge < -0.3 is 4.74 Å². The van der Waals surface area contributed by atoms with E-state index in [0.717, 1.165) is 27.0 Å². The van der Waals surface area contributed by atoms with Crippen LogP contribution in [0, 0.1) is 0 Å². The first-order valence-corrected chi connectivity index (χ1v) is 10.3. The summed E-state index contributed by atoms with van der Waals surface area (Å²) in [6.45, 7) is 0. The highest BCUT2D eigenvalue weighted by Crippen LogP contribution is 2.25. The van der Waals surface area contributed by atoms with Crippen LogP contribution < -0.4 is 4.74 Å². The predicted octanol–water partition coefficient (Wildman–Crippen LogP) is 5.73. The van der Waals surface area contributed by atoms with Crippen molar-refractivity contribution in [2.45, 2.75) is 0 Å². The minimum absolute atomic E-state index is 0.205. The molecule has 0 fully saturated rings. The number of benzene rings is 3. The zero-order valence-electron chi connectivity index (χ0n) is 16.3. The van der Waals surface area contributed by atoms with Crippen LogP contribution in [0.5, 0.6) is 5.75 Å². The highest BCUT2D eigenvalue weighted by Gasteiger charge is 2.12. The molecular formula is C25H17BrN2O3. The Balaban J connectivity index is 1.64. The molecule has 0 bridgehead atoms. The van der Waals surface area contributed by atoms with Crippen LogP contribution in [0.2, 0.25) is 0 Å². The zero-order valence-corrected chi connectivity index (χ0v) is 17.9. The normalized spacial score (nSPS) is 10.9. The Labute approximate surface area is 187 Å². The van der Waals surface area contributed by atoms with Crippen molar-refractivity contribution in [2.24, 2.45) is 0 Å². The van der Waals surface area contributed by atoms with Gasteiger partial charge >= 0.3 is 5.97 Å². The monoisotopic (exact) mass is 472 g/mol. The van der Waals surface area contributed by atoms with E-state index >= 15 is 0 Å². The molecule has 152 valence electrons. The Morgan fingerprint density at radius 2 is 1.65 bits per heavy atom. The van der Waals surface area contributed by atoms with Gasteiger partial charge in [-0.25, -0.2) is 9.48 Å². The van der Waals surface area contributed by atoms with Crippen molar-refractivity contribution in [3.8, 4) is 22.7 Å². The Morgan fingerprint density at radius 1 is 0.935 bits per heavy atom. The molecule has 0 N–H and O–H groups in total. The number of esters is 1. The zero-order chi connectivity index (χ0) is 21.6. The van der Waals surface area contributed by atoms with Crippen molar-refractivity contribution in [1.82, 2.24) is 9.78 Å². The van der Waals surface area contributed by atoms with Crippen LogP contribution in [0.25, 0.3) is 23.0 Å². The Morgan fingerprint density at radius 3 is 2.35 bits per heavy atom. The molecule has 0 aliphatic carbocycles. The van der Waals surface area contributed by atoms with E-state index in [2.05, 4.69) is 15.9 Å². The summed E-state index contributed by atoms with van der Waals surface area (Å²) in [7, 11) is 0. The molecule has 0 aliphatic rings. The summed E-state index contributed by atoms with van der Waals surface area (Å²) in [6, 6.07) is 24.3. The molecule has 1 aromatic heterocycles. The van der Waals surface area contributed by atoms with Crippen LogP contribution in [0.15, 0.2) is 95.6 Å². The van der Waals surface area contributed by atoms with E-state index in [1.54, 1.807) is 29.0 Å². The van der Waals surface area contributed by atoms with Crippen molar-refractivity contribution in [2.75, 3.05) is 0 Å². The van der Waals surface area contributed by atoms with E-state index in [0.29, 0.717) is 6.29 Å². The van der Waals surface area contributed by atoms with Crippen molar-refractivity contribution >= 4 is 34.3 Å². The smallest absolute Gasteiger partial charge is 0.336 e. The van der Waals surface area contributed by atoms with Crippen LogP contribution >= 0.6 is 15.9 Å². The number of hydrogen-bond donors (Lipinski definition) is 0. The number of aromatic nitrogens is 2. The lowest BCUT2D eigenvalue weighted by Gasteiger charge is -2.04. The molecule has 0 aliphatic heterocycles. The van der Waals surface area contributed by atoms with E-state index < -0.39 is 5.97 Å². The fourth-order valence-corrected chi connectivity index (χ4v) is 3.43. The van der Waals surface area contributed by atoms with Crippen molar-refractivity contribution in [3.05, 3.63) is 107 Å². The second-order valence-electron chi connectivity index (χ2n) is 6.63. The summed E-state index contributed by atoms with van der Waals surface area (Å²) < 4.78 is 7.84. The van der Waals surface area contributed by atoms with Gasteiger partial charge in [-0.2, -0.15) is 5.10 Å². The summed E-state index contributed by atoms with van der Waals surface area (Å²) in [4.78, 5) is 23.6. The Hall–Kier alpha value is -3.77. The van der Waals surface area contributed by atoms with Crippen molar-refractivity contribution < 1.29 is 14.3 Å². The Kier molecular flexibility index (Phi) is 6.19. The van der Waals surface area contributed by atoms with Crippen LogP contribution in [-0.4, -0.2) is 22.0 Å². The molecule has 0 atom stereocenters. The second-order valence-corrected chi connectivity index (χ2v) is 7.55. The van der Waals surface area contributed by atoms with Gasteiger partial charge in [-0.1, -0.05) is 64.5 Å². The van der Waals surface area contributed by atoms with E-state index in [4.69, 9.17) is 9.84 Å². The van der Waals surface area contributed by atoms with Crippen LogP contribution in [0.1, 0.15) is 15.9 Å². The lowest BCUT2D eigenvalue weighted by Crippen LogP contribution is -2.05. The molecule has 0 saturated heterocycles. The molecule has 3 aromatic carbocycles. The maximum atomic E-state index is 12.4. The van der Waals surface area contributed by atoms with Gasteiger partial charge in [0.2, 0.25) is 0 Å². The maximum Gasteiger partial charge on any atom is 0.336 e. The summed E-state index contributed by atoms with van der Waals surface area (Å²) in [6.07, 6.45) is 5.50. The number of ether oxygens (including phenoxy) is 1. The van der Waals surface area contributed by atoms with Gasteiger partial charge in [-0.3, -0.25) is 4.79 Å². The van der Waals surface area contributed by atoms with Gasteiger partial charge in [0.15, 0.2) is 6.29 Å². The molecule has 5 nitrogen and oxygen atoms in total. The minimum atomic E-state index is -0.586. The average molecular weight is 473 g/mol. The molecule has 4 aromatic rings. The van der Waals surface area contributed by atoms with Crippen LogP contribution in [0.3, 0.4) is 0 Å². The third-order valence-corrected chi connectivity index (χ3v) is 5.01. The largest absolute Gasteiger partial charge is 0.423 e. The van der Waals surface area contributed by atoms with E-state index in [1.165, 1.54) is 6.08 Å². The number of rotatable bonds is 6. The highest BCUT2D eigenvalue weighted by molar-refractivity contribution is 9.10. The summed E-state index contributed by atoms with van der Waals surface area (Å²) in [5, 5.41) is 4.71. The first kappa shape index (κ1) is 20.5. The fourth-order valence-electron chi connectivity index (χ4n) is 3.05. The quantitative estimate of drug-likeness (QED) is 0.155. The van der Waals surface area contributed by atoms with Gasteiger partial charge in [-0.15, -0.1) is 0 Å². The number of carbonyl (C=O) groups is 2. The maximum absolute atomic E-state index is 12.4. The minimum Gasteiger partial charge on any atom is -0.423 e. The second kappa shape index (κ2) is 9.36. The molecule has 1 heterocycles. The number of aldehydes is 1. The molecule has 0 radical (unpaired) electrons. The number of hydrogen-bond acceptors (Lipinski definition) is 4. The van der Waals surface area contributed by atoms with Gasteiger partial charge in [0.25, 0.3) is 0 Å². The number of halogens is 1. The Bertz CT molecular complexity index is 1250. The van der Waals surface area contributed by atoms with Gasteiger partial charge in [0.05, 0.1) is 16.9 Å². The topological polar surface area (TPSA) is 61.2 Å². The average Bonchev–Trinajstić information content (AvgIpc) is 3.24. The molecule has 0 saturated carbocycles. The molecule has 0 unspecified atom stereocenters. The fraction of sp³-hybridized carbons (Fsp3) is 0. The van der Waals surface area contributed by atoms with Gasteiger partial charge in [-0.05, 0) is 36.4 Å². The highest BCUT2D eigenvalue weighted by atomic mass is 79.9. The number of carbonyl (C=O) groups excluding carboxylic acids is 2. The summed E-state index contributed by atoms with van der Waals surface area (Å²) in [5.74, 6) is -0.381. The third-order valence-electron chi connectivity index (χ3n) is 4.52.